The fourth-order valence-corrected chi connectivity index (χ4v) is 4.48. The first-order chi connectivity index (χ1) is 15.2. The van der Waals surface area contributed by atoms with Crippen molar-refractivity contribution in [1.29, 1.82) is 0 Å². The maximum absolute atomic E-state index is 12.5. The molecule has 1 amide bonds. The molecule has 3 heterocycles. The summed E-state index contributed by atoms with van der Waals surface area (Å²) in [4.78, 5) is 41.3. The molecule has 1 aromatic carbocycles. The number of esters is 2. The molecule has 32 heavy (non-hydrogen) atoms. The number of nitrogens with zero attached hydrogens (tertiary/aromatic N) is 2. The molecule has 10 heteroatoms. The van der Waals surface area contributed by atoms with E-state index >= 15 is 0 Å². The van der Waals surface area contributed by atoms with Crippen molar-refractivity contribution < 1.29 is 23.9 Å². The molecule has 1 N–H and O–H groups in total. The smallest absolute Gasteiger partial charge is 0.350 e. The first kappa shape index (κ1) is 22.2. The van der Waals surface area contributed by atoms with Crippen LogP contribution in [0.4, 0.5) is 11.4 Å². The zero-order valence-corrected chi connectivity index (χ0v) is 19.2. The number of hydrogen-bond donors (Lipinski definition) is 1. The van der Waals surface area contributed by atoms with Crippen molar-refractivity contribution >= 4 is 52.2 Å². The minimum atomic E-state index is -1.28. The summed E-state index contributed by atoms with van der Waals surface area (Å²) in [6.45, 7) is 5.54. The van der Waals surface area contributed by atoms with Crippen molar-refractivity contribution in [3.05, 3.63) is 57.4 Å². The third kappa shape index (κ3) is 4.73. The van der Waals surface area contributed by atoms with Crippen LogP contribution in [0.15, 0.2) is 47.5 Å². The van der Waals surface area contributed by atoms with Crippen LogP contribution in [-0.4, -0.2) is 54.7 Å². The molecule has 0 unspecified atom stereocenters. The molecule has 0 atom stereocenters. The van der Waals surface area contributed by atoms with Gasteiger partial charge < -0.3 is 24.6 Å². The van der Waals surface area contributed by atoms with Crippen molar-refractivity contribution in [2.24, 2.45) is 0 Å². The van der Waals surface area contributed by atoms with E-state index in [1.54, 1.807) is 12.1 Å². The standard InChI is InChI=1S/C22H22ClN3O5S/c1-22(2)30-20(28)15(21(29)31-22)13-24-14-5-6-17(16(23)12-14)25-7-9-26(10-8-25)19(27)18-4-3-11-32-18/h3-6,11-13,24H,7-10H2,1-2H3. The molecule has 0 aliphatic carbocycles. The van der Waals surface area contributed by atoms with Gasteiger partial charge in [-0.3, -0.25) is 4.79 Å². The van der Waals surface area contributed by atoms with E-state index in [9.17, 15) is 14.4 Å². The number of carbonyl (C=O) groups is 3. The molecule has 1 aromatic heterocycles. The Morgan fingerprint density at radius 2 is 1.81 bits per heavy atom. The third-order valence-corrected chi connectivity index (χ3v) is 6.25. The highest BCUT2D eigenvalue weighted by Gasteiger charge is 2.39. The lowest BCUT2D eigenvalue weighted by atomic mass is 10.2. The fourth-order valence-electron chi connectivity index (χ4n) is 3.49. The molecule has 8 nitrogen and oxygen atoms in total. The normalized spacial score (nSPS) is 18.2. The molecule has 0 spiro atoms. The van der Waals surface area contributed by atoms with Crippen LogP contribution in [0.1, 0.15) is 23.5 Å². The van der Waals surface area contributed by atoms with Gasteiger partial charge in [-0.25, -0.2) is 9.59 Å². The van der Waals surface area contributed by atoms with E-state index in [1.807, 2.05) is 28.5 Å². The summed E-state index contributed by atoms with van der Waals surface area (Å²) in [5, 5.41) is 5.31. The molecule has 2 aliphatic heterocycles. The van der Waals surface area contributed by atoms with Crippen molar-refractivity contribution in [2.75, 3.05) is 36.4 Å². The fraction of sp³-hybridized carbons (Fsp3) is 0.318. The van der Waals surface area contributed by atoms with Crippen molar-refractivity contribution in [3.8, 4) is 0 Å². The Kier molecular flexibility index (Phi) is 6.12. The Morgan fingerprint density at radius 1 is 1.12 bits per heavy atom. The summed E-state index contributed by atoms with van der Waals surface area (Å²) in [7, 11) is 0. The Morgan fingerprint density at radius 3 is 2.41 bits per heavy atom. The number of rotatable bonds is 4. The van der Waals surface area contributed by atoms with E-state index in [1.165, 1.54) is 31.4 Å². The molecule has 0 saturated carbocycles. The SMILES string of the molecule is CC1(C)OC(=O)C(=CNc2ccc(N3CCN(C(=O)c4cccs4)CC3)c(Cl)c2)C(=O)O1. The summed E-state index contributed by atoms with van der Waals surface area (Å²) >= 11 is 7.94. The maximum atomic E-state index is 12.5. The van der Waals surface area contributed by atoms with E-state index in [4.69, 9.17) is 21.1 Å². The second-order valence-corrected chi connectivity index (χ2v) is 9.16. The number of hydrogen-bond acceptors (Lipinski definition) is 8. The van der Waals surface area contributed by atoms with Gasteiger partial charge in [0.1, 0.15) is 0 Å². The van der Waals surface area contributed by atoms with Gasteiger partial charge in [0.15, 0.2) is 5.57 Å². The highest BCUT2D eigenvalue weighted by Crippen LogP contribution is 2.30. The molecular weight excluding hydrogens is 454 g/mol. The number of piperazine rings is 1. The lowest BCUT2D eigenvalue weighted by molar-refractivity contribution is -0.222. The highest BCUT2D eigenvalue weighted by atomic mass is 35.5. The summed E-state index contributed by atoms with van der Waals surface area (Å²) in [6, 6.07) is 9.08. The topological polar surface area (TPSA) is 88.2 Å². The average Bonchev–Trinajstić information content (AvgIpc) is 3.27. The maximum Gasteiger partial charge on any atom is 0.350 e. The van der Waals surface area contributed by atoms with Crippen LogP contribution in [0.25, 0.3) is 0 Å². The van der Waals surface area contributed by atoms with E-state index < -0.39 is 17.7 Å². The minimum Gasteiger partial charge on any atom is -0.419 e. The van der Waals surface area contributed by atoms with E-state index in [0.29, 0.717) is 36.9 Å². The molecule has 0 radical (unpaired) electrons. The van der Waals surface area contributed by atoms with Gasteiger partial charge in [0.05, 0.1) is 15.6 Å². The first-order valence-electron chi connectivity index (χ1n) is 10.0. The van der Waals surface area contributed by atoms with Gasteiger partial charge in [0, 0.05) is 51.9 Å². The molecule has 168 valence electrons. The highest BCUT2D eigenvalue weighted by molar-refractivity contribution is 7.12. The molecule has 2 aromatic rings. The monoisotopic (exact) mass is 475 g/mol. The van der Waals surface area contributed by atoms with Gasteiger partial charge in [-0.05, 0) is 29.6 Å². The van der Waals surface area contributed by atoms with Crippen LogP contribution in [0.3, 0.4) is 0 Å². The van der Waals surface area contributed by atoms with E-state index in [-0.39, 0.29) is 11.5 Å². The molecule has 2 saturated heterocycles. The average molecular weight is 476 g/mol. The number of anilines is 2. The third-order valence-electron chi connectivity index (χ3n) is 5.09. The van der Waals surface area contributed by atoms with Gasteiger partial charge in [0.25, 0.3) is 11.7 Å². The number of nitrogens with one attached hydrogen (secondary N) is 1. The lowest BCUT2D eigenvalue weighted by Crippen LogP contribution is -2.48. The molecule has 2 aliphatic rings. The predicted molar refractivity (Wildman–Crippen MR) is 122 cm³/mol. The molecular formula is C22H22ClN3O5S. The van der Waals surface area contributed by atoms with Crippen molar-refractivity contribution in [2.45, 2.75) is 19.6 Å². The Bertz CT molecular complexity index is 1050. The second-order valence-electron chi connectivity index (χ2n) is 7.80. The number of amides is 1. The van der Waals surface area contributed by atoms with Crippen molar-refractivity contribution in [1.82, 2.24) is 4.90 Å². The van der Waals surface area contributed by atoms with Crippen molar-refractivity contribution in [3.63, 3.8) is 0 Å². The first-order valence-corrected chi connectivity index (χ1v) is 11.3. The van der Waals surface area contributed by atoms with Gasteiger partial charge in [-0.2, -0.15) is 0 Å². The van der Waals surface area contributed by atoms with Crippen LogP contribution in [0.2, 0.25) is 5.02 Å². The van der Waals surface area contributed by atoms with Gasteiger partial charge in [0.2, 0.25) is 0 Å². The lowest BCUT2D eigenvalue weighted by Gasteiger charge is -2.36. The van der Waals surface area contributed by atoms with Gasteiger partial charge in [-0.1, -0.05) is 17.7 Å². The van der Waals surface area contributed by atoms with Crippen LogP contribution in [0.5, 0.6) is 0 Å². The summed E-state index contributed by atoms with van der Waals surface area (Å²) in [5.41, 5.74) is 1.23. The number of ether oxygens (including phenoxy) is 2. The summed E-state index contributed by atoms with van der Waals surface area (Å²) in [6.07, 6.45) is 1.25. The predicted octanol–water partition coefficient (Wildman–Crippen LogP) is 3.50. The van der Waals surface area contributed by atoms with Crippen LogP contribution in [0, 0.1) is 0 Å². The van der Waals surface area contributed by atoms with E-state index in [0.717, 1.165) is 10.6 Å². The number of halogens is 1. The van der Waals surface area contributed by atoms with Crippen LogP contribution < -0.4 is 10.2 Å². The largest absolute Gasteiger partial charge is 0.419 e. The molecule has 4 rings (SSSR count). The number of benzene rings is 1. The Balaban J connectivity index is 1.38. The summed E-state index contributed by atoms with van der Waals surface area (Å²) < 4.78 is 10.1. The van der Waals surface area contributed by atoms with Gasteiger partial charge >= 0.3 is 11.9 Å². The zero-order chi connectivity index (χ0) is 22.9. The number of thiophene rings is 1. The van der Waals surface area contributed by atoms with E-state index in [2.05, 4.69) is 10.2 Å². The molecule has 0 bridgehead atoms. The van der Waals surface area contributed by atoms with Crippen LogP contribution in [-0.2, 0) is 19.1 Å². The second kappa shape index (κ2) is 8.84. The van der Waals surface area contributed by atoms with Crippen LogP contribution >= 0.6 is 22.9 Å². The minimum absolute atomic E-state index is 0.0569. The number of cyclic esters (lactones) is 2. The summed E-state index contributed by atoms with van der Waals surface area (Å²) in [5.74, 6) is -2.73. The quantitative estimate of drug-likeness (QED) is 0.411. The Hall–Kier alpha value is -3.04. The Labute approximate surface area is 194 Å². The van der Waals surface area contributed by atoms with Gasteiger partial charge in [-0.15, -0.1) is 11.3 Å². The number of carbonyl (C=O) groups excluding carboxylic acids is 3. The molecule has 2 fully saturated rings. The zero-order valence-electron chi connectivity index (χ0n) is 17.6.